The van der Waals surface area contributed by atoms with E-state index in [4.69, 9.17) is 10.5 Å². The van der Waals surface area contributed by atoms with Gasteiger partial charge in [-0.2, -0.15) is 0 Å². The van der Waals surface area contributed by atoms with Crippen molar-refractivity contribution in [1.29, 1.82) is 0 Å². The summed E-state index contributed by atoms with van der Waals surface area (Å²) in [5.41, 5.74) is 7.49. The number of carbonyl (C=O) groups is 1. The minimum absolute atomic E-state index is 0.0795. The van der Waals surface area contributed by atoms with Gasteiger partial charge in [0.25, 0.3) is 0 Å². The molecule has 5 nitrogen and oxygen atoms in total. The highest BCUT2D eigenvalue weighted by atomic mass is 16.5. The summed E-state index contributed by atoms with van der Waals surface area (Å²) in [6.45, 7) is 4.89. The van der Waals surface area contributed by atoms with E-state index in [0.717, 1.165) is 18.8 Å². The first-order valence-corrected chi connectivity index (χ1v) is 6.17. The summed E-state index contributed by atoms with van der Waals surface area (Å²) < 4.78 is 5.42. The minimum atomic E-state index is -0.279. The van der Waals surface area contributed by atoms with Crippen molar-refractivity contribution >= 4 is 5.91 Å². The van der Waals surface area contributed by atoms with Gasteiger partial charge in [-0.05, 0) is 18.6 Å². The van der Waals surface area contributed by atoms with Crippen LogP contribution in [0.3, 0.4) is 0 Å². The third kappa shape index (κ3) is 3.27. The van der Waals surface area contributed by atoms with Crippen LogP contribution in [0.25, 0.3) is 0 Å². The number of nitrogens with zero attached hydrogens (tertiary/aromatic N) is 2. The highest BCUT2D eigenvalue weighted by Gasteiger charge is 2.24. The molecule has 5 heteroatoms. The van der Waals surface area contributed by atoms with Crippen LogP contribution < -0.4 is 5.73 Å². The second-order valence-corrected chi connectivity index (χ2v) is 4.62. The molecule has 0 saturated carbocycles. The Labute approximate surface area is 107 Å². The van der Waals surface area contributed by atoms with Gasteiger partial charge in [-0.15, -0.1) is 0 Å². The van der Waals surface area contributed by atoms with E-state index in [9.17, 15) is 4.79 Å². The first kappa shape index (κ1) is 13.0. The third-order valence-electron chi connectivity index (χ3n) is 3.28. The fraction of sp³-hybridized carbons (Fsp3) is 0.538. The molecule has 0 spiro atoms. The fourth-order valence-electron chi connectivity index (χ4n) is 2.22. The Balaban J connectivity index is 2.05. The van der Waals surface area contributed by atoms with Gasteiger partial charge in [0.05, 0.1) is 13.2 Å². The van der Waals surface area contributed by atoms with Crippen LogP contribution in [0.4, 0.5) is 0 Å². The van der Waals surface area contributed by atoms with Crippen molar-refractivity contribution in [3.05, 3.63) is 29.6 Å². The van der Waals surface area contributed by atoms with E-state index in [1.54, 1.807) is 6.20 Å². The summed E-state index contributed by atoms with van der Waals surface area (Å²) in [4.78, 5) is 17.6. The van der Waals surface area contributed by atoms with E-state index >= 15 is 0 Å². The zero-order chi connectivity index (χ0) is 13.0. The molecule has 1 aromatic heterocycles. The molecular formula is C13H19N3O2. The summed E-state index contributed by atoms with van der Waals surface area (Å²) in [6.07, 6.45) is 2.14. The molecule has 1 atom stereocenters. The van der Waals surface area contributed by atoms with Crippen LogP contribution in [-0.2, 0) is 16.1 Å². The predicted molar refractivity (Wildman–Crippen MR) is 67.8 cm³/mol. The van der Waals surface area contributed by atoms with E-state index in [1.165, 1.54) is 5.56 Å². The second kappa shape index (κ2) is 5.93. The average molecular weight is 249 g/mol. The largest absolute Gasteiger partial charge is 0.378 e. The quantitative estimate of drug-likeness (QED) is 0.842. The van der Waals surface area contributed by atoms with Gasteiger partial charge in [0.15, 0.2) is 0 Å². The minimum Gasteiger partial charge on any atom is -0.378 e. The Kier molecular flexibility index (Phi) is 4.28. The monoisotopic (exact) mass is 249 g/mol. The van der Waals surface area contributed by atoms with E-state index in [-0.39, 0.29) is 11.9 Å². The molecule has 1 unspecified atom stereocenters. The lowest BCUT2D eigenvalue weighted by atomic mass is 10.1. The molecule has 2 heterocycles. The molecule has 1 aliphatic heterocycles. The predicted octanol–water partition coefficient (Wildman–Crippen LogP) is 0.466. The molecule has 0 radical (unpaired) electrons. The average Bonchev–Trinajstić information content (AvgIpc) is 2.34. The Bertz CT molecular complexity index is 422. The molecule has 18 heavy (non-hydrogen) atoms. The molecule has 1 aliphatic rings. The van der Waals surface area contributed by atoms with Gasteiger partial charge in [0, 0.05) is 37.4 Å². The molecule has 1 fully saturated rings. The Morgan fingerprint density at radius 2 is 2.50 bits per heavy atom. The maximum Gasteiger partial charge on any atom is 0.219 e. The molecule has 1 amide bonds. The molecular weight excluding hydrogens is 230 g/mol. The van der Waals surface area contributed by atoms with Gasteiger partial charge in [0.2, 0.25) is 5.91 Å². The molecule has 98 valence electrons. The molecule has 0 aliphatic carbocycles. The third-order valence-corrected chi connectivity index (χ3v) is 3.28. The highest BCUT2D eigenvalue weighted by Crippen LogP contribution is 2.15. The fourth-order valence-corrected chi connectivity index (χ4v) is 2.22. The van der Waals surface area contributed by atoms with E-state index in [1.807, 2.05) is 13.0 Å². The second-order valence-electron chi connectivity index (χ2n) is 4.62. The van der Waals surface area contributed by atoms with E-state index in [0.29, 0.717) is 19.6 Å². The summed E-state index contributed by atoms with van der Waals surface area (Å²) in [5.74, 6) is -0.279. The Morgan fingerprint density at radius 1 is 1.67 bits per heavy atom. The molecule has 2 N–H and O–H groups in total. The standard InChI is InChI=1S/C13H19N3O2/c1-10-11(3-2-4-15-10)8-16-5-6-18-9-12(16)7-13(14)17/h2-4,12H,5-9H2,1H3,(H2,14,17). The molecule has 1 aromatic rings. The number of rotatable bonds is 4. The maximum atomic E-state index is 11.1. The SMILES string of the molecule is Cc1ncccc1CN1CCOCC1CC(N)=O. The number of hydrogen-bond donors (Lipinski definition) is 1. The molecule has 1 saturated heterocycles. The van der Waals surface area contributed by atoms with Crippen molar-refractivity contribution in [2.45, 2.75) is 25.9 Å². The summed E-state index contributed by atoms with van der Waals surface area (Å²) in [5, 5.41) is 0. The molecule has 0 bridgehead atoms. The Hall–Kier alpha value is -1.46. The normalized spacial score (nSPS) is 20.8. The number of nitrogens with two attached hydrogens (primary N) is 1. The lowest BCUT2D eigenvalue weighted by Crippen LogP contribution is -2.46. The number of hydrogen-bond acceptors (Lipinski definition) is 4. The van der Waals surface area contributed by atoms with E-state index in [2.05, 4.69) is 16.0 Å². The number of pyridine rings is 1. The first-order chi connectivity index (χ1) is 8.66. The van der Waals surface area contributed by atoms with Gasteiger partial charge in [0.1, 0.15) is 0 Å². The molecule has 2 rings (SSSR count). The van der Waals surface area contributed by atoms with Crippen molar-refractivity contribution in [3.8, 4) is 0 Å². The van der Waals surface area contributed by atoms with Crippen molar-refractivity contribution in [2.75, 3.05) is 19.8 Å². The zero-order valence-corrected chi connectivity index (χ0v) is 10.6. The van der Waals surface area contributed by atoms with Crippen LogP contribution in [0, 0.1) is 6.92 Å². The van der Waals surface area contributed by atoms with E-state index < -0.39 is 0 Å². The van der Waals surface area contributed by atoms with Crippen molar-refractivity contribution in [2.24, 2.45) is 5.73 Å². The van der Waals surface area contributed by atoms with Crippen molar-refractivity contribution in [1.82, 2.24) is 9.88 Å². The zero-order valence-electron chi connectivity index (χ0n) is 10.6. The first-order valence-electron chi connectivity index (χ1n) is 6.17. The topological polar surface area (TPSA) is 68.5 Å². The maximum absolute atomic E-state index is 11.1. The van der Waals surface area contributed by atoms with Crippen LogP contribution in [0.15, 0.2) is 18.3 Å². The van der Waals surface area contributed by atoms with Crippen LogP contribution in [-0.4, -0.2) is 41.6 Å². The van der Waals surface area contributed by atoms with Gasteiger partial charge in [-0.25, -0.2) is 0 Å². The smallest absolute Gasteiger partial charge is 0.219 e. The van der Waals surface area contributed by atoms with Crippen LogP contribution >= 0.6 is 0 Å². The van der Waals surface area contributed by atoms with Crippen LogP contribution in [0.1, 0.15) is 17.7 Å². The van der Waals surface area contributed by atoms with Crippen LogP contribution in [0.2, 0.25) is 0 Å². The van der Waals surface area contributed by atoms with Gasteiger partial charge in [-0.3, -0.25) is 14.7 Å². The number of aryl methyl sites for hydroxylation is 1. The highest BCUT2D eigenvalue weighted by molar-refractivity contribution is 5.74. The number of primary amides is 1. The van der Waals surface area contributed by atoms with Crippen molar-refractivity contribution < 1.29 is 9.53 Å². The number of carbonyl (C=O) groups excluding carboxylic acids is 1. The van der Waals surface area contributed by atoms with Crippen molar-refractivity contribution in [3.63, 3.8) is 0 Å². The summed E-state index contributed by atoms with van der Waals surface area (Å²) in [7, 11) is 0. The lowest BCUT2D eigenvalue weighted by molar-refractivity contribution is -0.121. The van der Waals surface area contributed by atoms with Gasteiger partial charge in [-0.1, -0.05) is 6.07 Å². The van der Waals surface area contributed by atoms with Crippen LogP contribution in [0.5, 0.6) is 0 Å². The van der Waals surface area contributed by atoms with Gasteiger partial charge >= 0.3 is 0 Å². The van der Waals surface area contributed by atoms with Gasteiger partial charge < -0.3 is 10.5 Å². The summed E-state index contributed by atoms with van der Waals surface area (Å²) in [6, 6.07) is 4.08. The molecule has 0 aromatic carbocycles. The lowest BCUT2D eigenvalue weighted by Gasteiger charge is -2.35. The number of amides is 1. The Morgan fingerprint density at radius 3 is 3.22 bits per heavy atom. The summed E-state index contributed by atoms with van der Waals surface area (Å²) >= 11 is 0. The number of ether oxygens (including phenoxy) is 1. The number of aromatic nitrogens is 1. The number of morpholine rings is 1.